The summed E-state index contributed by atoms with van der Waals surface area (Å²) in [7, 11) is -3.60. The monoisotopic (exact) mass is 368 g/mol. The SMILES string of the molecule is CC(C)(C)OC(=O)COC(=O)CCN=C1NS(=O)(=O)c2ccccc21. The first-order valence-electron chi connectivity index (χ1n) is 7.63. The van der Waals surface area contributed by atoms with Crippen LogP contribution in [0.5, 0.6) is 0 Å². The van der Waals surface area contributed by atoms with E-state index in [1.165, 1.54) is 6.07 Å². The maximum Gasteiger partial charge on any atom is 0.344 e. The van der Waals surface area contributed by atoms with Gasteiger partial charge in [-0.1, -0.05) is 12.1 Å². The second kappa shape index (κ2) is 7.22. The lowest BCUT2D eigenvalue weighted by atomic mass is 10.2. The molecule has 0 saturated heterocycles. The number of carbonyl (C=O) groups excluding carboxylic acids is 2. The van der Waals surface area contributed by atoms with Crippen molar-refractivity contribution in [1.82, 2.24) is 4.72 Å². The minimum Gasteiger partial charge on any atom is -0.457 e. The molecule has 1 N–H and O–H groups in total. The molecule has 0 aliphatic carbocycles. The maximum absolute atomic E-state index is 11.9. The van der Waals surface area contributed by atoms with E-state index in [4.69, 9.17) is 9.47 Å². The summed E-state index contributed by atoms with van der Waals surface area (Å²) in [6, 6.07) is 6.43. The van der Waals surface area contributed by atoms with E-state index in [0.717, 1.165) is 0 Å². The summed E-state index contributed by atoms with van der Waals surface area (Å²) in [5.74, 6) is -1.07. The number of esters is 2. The van der Waals surface area contributed by atoms with Crippen LogP contribution in [0.3, 0.4) is 0 Å². The third-order valence-corrected chi connectivity index (χ3v) is 4.42. The molecule has 1 aliphatic rings. The summed E-state index contributed by atoms with van der Waals surface area (Å²) in [4.78, 5) is 27.3. The Morgan fingerprint density at radius 2 is 1.84 bits per heavy atom. The Morgan fingerprint density at radius 1 is 1.16 bits per heavy atom. The van der Waals surface area contributed by atoms with Gasteiger partial charge in [-0.15, -0.1) is 0 Å². The van der Waals surface area contributed by atoms with Crippen LogP contribution in [0.2, 0.25) is 0 Å². The summed E-state index contributed by atoms with van der Waals surface area (Å²) in [5.41, 5.74) is -0.188. The normalized spacial score (nSPS) is 16.8. The van der Waals surface area contributed by atoms with Gasteiger partial charge in [0.1, 0.15) is 11.4 Å². The number of amidine groups is 1. The molecule has 8 nitrogen and oxygen atoms in total. The summed E-state index contributed by atoms with van der Waals surface area (Å²) in [5, 5.41) is 0. The summed E-state index contributed by atoms with van der Waals surface area (Å²) >= 11 is 0. The molecular weight excluding hydrogens is 348 g/mol. The van der Waals surface area contributed by atoms with E-state index < -0.39 is 34.2 Å². The molecule has 136 valence electrons. The second-order valence-corrected chi connectivity index (χ2v) is 7.98. The summed E-state index contributed by atoms with van der Waals surface area (Å²) in [6.07, 6.45) is -0.0871. The van der Waals surface area contributed by atoms with Gasteiger partial charge in [-0.3, -0.25) is 14.5 Å². The molecule has 1 aromatic rings. The number of benzene rings is 1. The van der Waals surface area contributed by atoms with Crippen LogP contribution in [-0.2, 0) is 29.1 Å². The highest BCUT2D eigenvalue weighted by molar-refractivity contribution is 7.90. The first-order valence-corrected chi connectivity index (χ1v) is 9.11. The van der Waals surface area contributed by atoms with E-state index in [1.807, 2.05) is 0 Å². The zero-order chi connectivity index (χ0) is 18.7. The fourth-order valence-electron chi connectivity index (χ4n) is 2.09. The van der Waals surface area contributed by atoms with Crippen molar-refractivity contribution < 1.29 is 27.5 Å². The number of rotatable bonds is 5. The number of carbonyl (C=O) groups is 2. The van der Waals surface area contributed by atoms with Crippen molar-refractivity contribution in [2.24, 2.45) is 4.99 Å². The molecule has 0 atom stereocenters. The highest BCUT2D eigenvalue weighted by Crippen LogP contribution is 2.22. The molecule has 0 unspecified atom stereocenters. The summed E-state index contributed by atoms with van der Waals surface area (Å²) in [6.45, 7) is 4.69. The van der Waals surface area contributed by atoms with Crippen molar-refractivity contribution in [3.8, 4) is 0 Å². The zero-order valence-electron chi connectivity index (χ0n) is 14.2. The Kier molecular flexibility index (Phi) is 5.46. The zero-order valence-corrected chi connectivity index (χ0v) is 15.1. The molecular formula is C16H20N2O6S. The van der Waals surface area contributed by atoms with Crippen LogP contribution in [0, 0.1) is 0 Å². The number of ether oxygens (including phenoxy) is 2. The van der Waals surface area contributed by atoms with Gasteiger partial charge in [-0.05, 0) is 32.9 Å². The van der Waals surface area contributed by atoms with Crippen molar-refractivity contribution >= 4 is 27.8 Å². The van der Waals surface area contributed by atoms with E-state index in [-0.39, 0.29) is 23.7 Å². The third-order valence-electron chi connectivity index (χ3n) is 3.02. The number of sulfonamides is 1. The average Bonchev–Trinajstić information content (AvgIpc) is 2.75. The molecule has 0 aromatic heterocycles. The smallest absolute Gasteiger partial charge is 0.344 e. The Morgan fingerprint density at radius 3 is 2.52 bits per heavy atom. The van der Waals surface area contributed by atoms with Crippen LogP contribution in [0.25, 0.3) is 0 Å². The number of nitrogens with zero attached hydrogens (tertiary/aromatic N) is 1. The second-order valence-electron chi connectivity index (χ2n) is 6.33. The quantitative estimate of drug-likeness (QED) is 0.776. The van der Waals surface area contributed by atoms with Crippen molar-refractivity contribution in [3.63, 3.8) is 0 Å². The predicted molar refractivity (Wildman–Crippen MR) is 89.6 cm³/mol. The van der Waals surface area contributed by atoms with Crippen LogP contribution in [0.15, 0.2) is 34.2 Å². The Hall–Kier alpha value is -2.42. The van der Waals surface area contributed by atoms with Crippen molar-refractivity contribution in [2.75, 3.05) is 13.2 Å². The van der Waals surface area contributed by atoms with E-state index >= 15 is 0 Å². The van der Waals surface area contributed by atoms with Crippen molar-refractivity contribution in [1.29, 1.82) is 0 Å². The van der Waals surface area contributed by atoms with Gasteiger partial charge >= 0.3 is 11.9 Å². The average molecular weight is 368 g/mol. The molecule has 25 heavy (non-hydrogen) atoms. The van der Waals surface area contributed by atoms with Crippen LogP contribution in [0.4, 0.5) is 0 Å². The molecule has 0 spiro atoms. The van der Waals surface area contributed by atoms with Crippen LogP contribution in [-0.4, -0.2) is 44.9 Å². The molecule has 0 amide bonds. The van der Waals surface area contributed by atoms with Gasteiger partial charge in [0.05, 0.1) is 17.9 Å². The first-order chi connectivity index (χ1) is 11.6. The highest BCUT2D eigenvalue weighted by Gasteiger charge is 2.30. The minimum atomic E-state index is -3.60. The van der Waals surface area contributed by atoms with Gasteiger partial charge in [0.2, 0.25) is 0 Å². The summed E-state index contributed by atoms with van der Waals surface area (Å²) < 4.78 is 36.0. The van der Waals surface area contributed by atoms with Gasteiger partial charge in [-0.2, -0.15) is 0 Å². The molecule has 1 aromatic carbocycles. The topological polar surface area (TPSA) is 111 Å². The predicted octanol–water partition coefficient (Wildman–Crippen LogP) is 1.00. The van der Waals surface area contributed by atoms with Gasteiger partial charge in [-0.25, -0.2) is 13.2 Å². The van der Waals surface area contributed by atoms with E-state index in [0.29, 0.717) is 5.56 Å². The van der Waals surface area contributed by atoms with E-state index in [1.54, 1.807) is 39.0 Å². The fourth-order valence-corrected chi connectivity index (χ4v) is 3.34. The number of hydrogen-bond acceptors (Lipinski definition) is 7. The van der Waals surface area contributed by atoms with Gasteiger partial charge < -0.3 is 9.47 Å². The maximum atomic E-state index is 11.9. The number of fused-ring (bicyclic) bond motifs is 1. The largest absolute Gasteiger partial charge is 0.457 e. The fraction of sp³-hybridized carbons (Fsp3) is 0.438. The minimum absolute atomic E-state index is 0.0271. The van der Waals surface area contributed by atoms with Crippen LogP contribution >= 0.6 is 0 Å². The Bertz CT molecular complexity index is 808. The third kappa shape index (κ3) is 5.28. The van der Waals surface area contributed by atoms with Crippen LogP contribution < -0.4 is 4.72 Å². The first kappa shape index (κ1) is 18.9. The lowest BCUT2D eigenvalue weighted by Crippen LogP contribution is -2.27. The highest BCUT2D eigenvalue weighted by atomic mass is 32.2. The van der Waals surface area contributed by atoms with Crippen molar-refractivity contribution in [2.45, 2.75) is 37.7 Å². The van der Waals surface area contributed by atoms with E-state index in [9.17, 15) is 18.0 Å². The molecule has 2 rings (SSSR count). The van der Waals surface area contributed by atoms with Gasteiger partial charge in [0.15, 0.2) is 6.61 Å². The number of aliphatic imine (C=N–C) groups is 1. The molecule has 0 saturated carbocycles. The molecule has 9 heteroatoms. The number of hydrogen-bond donors (Lipinski definition) is 1. The number of nitrogens with one attached hydrogen (secondary N) is 1. The molecule has 0 fully saturated rings. The standard InChI is InChI=1S/C16H20N2O6S/c1-16(2,3)24-14(20)10-23-13(19)8-9-17-15-11-6-4-5-7-12(11)25(21,22)18-15/h4-7H,8-10H2,1-3H3,(H,17,18). The molecule has 1 heterocycles. The lowest BCUT2D eigenvalue weighted by molar-refractivity contribution is -0.166. The van der Waals surface area contributed by atoms with Crippen LogP contribution in [0.1, 0.15) is 32.8 Å². The van der Waals surface area contributed by atoms with E-state index in [2.05, 4.69) is 9.71 Å². The lowest BCUT2D eigenvalue weighted by Gasteiger charge is -2.19. The molecule has 0 radical (unpaired) electrons. The molecule has 0 bridgehead atoms. The van der Waals surface area contributed by atoms with Gasteiger partial charge in [0.25, 0.3) is 10.0 Å². The Labute approximate surface area is 146 Å². The van der Waals surface area contributed by atoms with Gasteiger partial charge in [0, 0.05) is 5.56 Å². The Balaban J connectivity index is 1.86. The molecule has 1 aliphatic heterocycles. The van der Waals surface area contributed by atoms with Crippen molar-refractivity contribution in [3.05, 3.63) is 29.8 Å².